The molecule has 2 N–H and O–H groups in total. The molecule has 2 aromatic rings. The third-order valence-corrected chi connectivity index (χ3v) is 2.56. The van der Waals surface area contributed by atoms with Crippen molar-refractivity contribution in [3.05, 3.63) is 40.6 Å². The van der Waals surface area contributed by atoms with Crippen molar-refractivity contribution in [2.75, 3.05) is 17.7 Å². The first-order chi connectivity index (χ1) is 9.13. The molecule has 2 heterocycles. The van der Waals surface area contributed by atoms with Crippen molar-refractivity contribution in [3.8, 4) is 0 Å². The fraction of sp³-hybridized carbons (Fsp3) is 0.273. The molecule has 0 amide bonds. The molecule has 1 atom stereocenters. The van der Waals surface area contributed by atoms with Gasteiger partial charge in [0.05, 0.1) is 17.2 Å². The maximum absolute atomic E-state index is 11.1. The SMILES string of the molecule is CNc1ncnc(NC(C)c2ccco2)c1[N+](=O)[O-]. The molecule has 0 aliphatic carbocycles. The van der Waals surface area contributed by atoms with Gasteiger partial charge in [0.15, 0.2) is 0 Å². The lowest BCUT2D eigenvalue weighted by Gasteiger charge is -2.12. The van der Waals surface area contributed by atoms with Crippen molar-refractivity contribution in [1.82, 2.24) is 9.97 Å². The lowest BCUT2D eigenvalue weighted by Crippen LogP contribution is -2.11. The fourth-order valence-electron chi connectivity index (χ4n) is 1.65. The summed E-state index contributed by atoms with van der Waals surface area (Å²) in [5, 5.41) is 16.7. The minimum atomic E-state index is -0.525. The van der Waals surface area contributed by atoms with Gasteiger partial charge in [-0.3, -0.25) is 10.1 Å². The molecule has 0 aliphatic heterocycles. The van der Waals surface area contributed by atoms with E-state index in [4.69, 9.17) is 4.42 Å². The number of aromatic nitrogens is 2. The second kappa shape index (κ2) is 5.34. The summed E-state index contributed by atoms with van der Waals surface area (Å²) < 4.78 is 5.23. The van der Waals surface area contributed by atoms with E-state index < -0.39 is 4.92 Å². The minimum Gasteiger partial charge on any atom is -0.467 e. The van der Waals surface area contributed by atoms with Gasteiger partial charge in [-0.15, -0.1) is 0 Å². The zero-order chi connectivity index (χ0) is 13.8. The van der Waals surface area contributed by atoms with E-state index in [-0.39, 0.29) is 23.4 Å². The smallest absolute Gasteiger partial charge is 0.353 e. The Bertz CT molecular complexity index is 570. The molecule has 0 spiro atoms. The van der Waals surface area contributed by atoms with Crippen LogP contribution in [0, 0.1) is 10.1 Å². The Labute approximate surface area is 109 Å². The molecule has 8 nitrogen and oxygen atoms in total. The van der Waals surface area contributed by atoms with Crippen LogP contribution in [0.3, 0.4) is 0 Å². The first-order valence-corrected chi connectivity index (χ1v) is 5.60. The number of furan rings is 1. The molecule has 2 aromatic heterocycles. The molecule has 0 aromatic carbocycles. The highest BCUT2D eigenvalue weighted by molar-refractivity contribution is 5.69. The summed E-state index contributed by atoms with van der Waals surface area (Å²) in [6.45, 7) is 1.82. The predicted molar refractivity (Wildman–Crippen MR) is 69.0 cm³/mol. The molecule has 19 heavy (non-hydrogen) atoms. The van der Waals surface area contributed by atoms with Gasteiger partial charge in [0.25, 0.3) is 0 Å². The summed E-state index contributed by atoms with van der Waals surface area (Å²) in [7, 11) is 1.56. The van der Waals surface area contributed by atoms with Gasteiger partial charge >= 0.3 is 5.69 Å². The summed E-state index contributed by atoms with van der Waals surface area (Å²) >= 11 is 0. The maximum atomic E-state index is 11.1. The normalized spacial score (nSPS) is 11.9. The quantitative estimate of drug-likeness (QED) is 0.629. The van der Waals surface area contributed by atoms with Crippen LogP contribution in [-0.4, -0.2) is 21.9 Å². The maximum Gasteiger partial charge on any atom is 0.353 e. The van der Waals surface area contributed by atoms with Crippen LogP contribution in [-0.2, 0) is 0 Å². The molecule has 0 fully saturated rings. The molecular weight excluding hydrogens is 250 g/mol. The fourth-order valence-corrected chi connectivity index (χ4v) is 1.65. The molecule has 8 heteroatoms. The van der Waals surface area contributed by atoms with Gasteiger partial charge in [0.1, 0.15) is 12.1 Å². The van der Waals surface area contributed by atoms with Crippen LogP contribution in [0.5, 0.6) is 0 Å². The van der Waals surface area contributed by atoms with E-state index in [1.165, 1.54) is 6.33 Å². The summed E-state index contributed by atoms with van der Waals surface area (Å²) in [6, 6.07) is 3.29. The van der Waals surface area contributed by atoms with Crippen molar-refractivity contribution < 1.29 is 9.34 Å². The number of nitrogens with one attached hydrogen (secondary N) is 2. The largest absolute Gasteiger partial charge is 0.467 e. The lowest BCUT2D eigenvalue weighted by molar-refractivity contribution is -0.383. The zero-order valence-electron chi connectivity index (χ0n) is 10.5. The van der Waals surface area contributed by atoms with Crippen molar-refractivity contribution in [3.63, 3.8) is 0 Å². The van der Waals surface area contributed by atoms with Gasteiger partial charge in [-0.25, -0.2) is 9.97 Å². The first kappa shape index (κ1) is 12.8. The molecule has 2 rings (SSSR count). The minimum absolute atomic E-state index is 0.147. The molecule has 0 radical (unpaired) electrons. The van der Waals surface area contributed by atoms with Crippen LogP contribution in [0.1, 0.15) is 18.7 Å². The van der Waals surface area contributed by atoms with E-state index in [1.54, 1.807) is 25.4 Å². The third kappa shape index (κ3) is 2.62. The molecule has 0 saturated carbocycles. The van der Waals surface area contributed by atoms with E-state index in [9.17, 15) is 10.1 Å². The zero-order valence-corrected chi connectivity index (χ0v) is 10.5. The van der Waals surface area contributed by atoms with Crippen LogP contribution >= 0.6 is 0 Å². The highest BCUT2D eigenvalue weighted by Crippen LogP contribution is 2.30. The number of anilines is 2. The van der Waals surface area contributed by atoms with Crippen LogP contribution in [0.2, 0.25) is 0 Å². The highest BCUT2D eigenvalue weighted by Gasteiger charge is 2.23. The summed E-state index contributed by atoms with van der Waals surface area (Å²) in [5.74, 6) is 0.973. The van der Waals surface area contributed by atoms with Gasteiger partial charge in [0.2, 0.25) is 11.6 Å². The predicted octanol–water partition coefficient (Wildman–Crippen LogP) is 2.19. The molecule has 100 valence electrons. The number of nitrogens with zero attached hydrogens (tertiary/aromatic N) is 3. The summed E-state index contributed by atoms with van der Waals surface area (Å²) in [6.07, 6.45) is 2.80. The molecule has 0 bridgehead atoms. The van der Waals surface area contributed by atoms with E-state index in [1.807, 2.05) is 6.92 Å². The van der Waals surface area contributed by atoms with E-state index in [0.717, 1.165) is 0 Å². The Morgan fingerprint density at radius 3 is 2.74 bits per heavy atom. The first-order valence-electron chi connectivity index (χ1n) is 5.60. The monoisotopic (exact) mass is 263 g/mol. The van der Waals surface area contributed by atoms with Crippen molar-refractivity contribution in [2.45, 2.75) is 13.0 Å². The average molecular weight is 263 g/mol. The average Bonchev–Trinajstić information content (AvgIpc) is 2.92. The van der Waals surface area contributed by atoms with Gasteiger partial charge in [-0.1, -0.05) is 0 Å². The third-order valence-electron chi connectivity index (χ3n) is 2.56. The number of hydrogen-bond acceptors (Lipinski definition) is 7. The van der Waals surface area contributed by atoms with Crippen LogP contribution < -0.4 is 10.6 Å². The van der Waals surface area contributed by atoms with Gasteiger partial charge in [-0.05, 0) is 19.1 Å². The summed E-state index contributed by atoms with van der Waals surface area (Å²) in [5.41, 5.74) is -0.191. The van der Waals surface area contributed by atoms with Crippen LogP contribution in [0.4, 0.5) is 17.3 Å². The molecule has 0 saturated heterocycles. The topological polar surface area (TPSA) is 106 Å². The van der Waals surface area contributed by atoms with Gasteiger partial charge in [-0.2, -0.15) is 0 Å². The van der Waals surface area contributed by atoms with Gasteiger partial charge in [0, 0.05) is 7.05 Å². The van der Waals surface area contributed by atoms with E-state index in [2.05, 4.69) is 20.6 Å². The van der Waals surface area contributed by atoms with Crippen molar-refractivity contribution in [1.29, 1.82) is 0 Å². The van der Waals surface area contributed by atoms with E-state index in [0.29, 0.717) is 5.76 Å². The molecular formula is C11H13N5O3. The Morgan fingerprint density at radius 2 is 2.16 bits per heavy atom. The van der Waals surface area contributed by atoms with Gasteiger partial charge < -0.3 is 15.1 Å². The van der Waals surface area contributed by atoms with E-state index >= 15 is 0 Å². The highest BCUT2D eigenvalue weighted by atomic mass is 16.6. The number of nitro groups is 1. The standard InChI is InChI=1S/C11H13N5O3/c1-7(8-4-3-5-19-8)15-11-9(16(17)18)10(12-2)13-6-14-11/h3-7H,1-2H3,(H2,12,13,14,15). The van der Waals surface area contributed by atoms with Crippen LogP contribution in [0.25, 0.3) is 0 Å². The Balaban J connectivity index is 2.32. The Hall–Kier alpha value is -2.64. The second-order valence-electron chi connectivity index (χ2n) is 3.81. The van der Waals surface area contributed by atoms with Crippen molar-refractivity contribution >= 4 is 17.3 Å². The summed E-state index contributed by atoms with van der Waals surface area (Å²) in [4.78, 5) is 18.3. The molecule has 0 aliphatic rings. The number of hydrogen-bond donors (Lipinski definition) is 2. The Morgan fingerprint density at radius 1 is 1.42 bits per heavy atom. The second-order valence-corrected chi connectivity index (χ2v) is 3.81. The Kier molecular flexibility index (Phi) is 3.60. The number of rotatable bonds is 5. The molecule has 1 unspecified atom stereocenters. The van der Waals surface area contributed by atoms with Crippen molar-refractivity contribution in [2.24, 2.45) is 0 Å². The lowest BCUT2D eigenvalue weighted by atomic mass is 10.2. The van der Waals surface area contributed by atoms with Crippen LogP contribution in [0.15, 0.2) is 29.1 Å².